The number of rotatable bonds is 4. The maximum atomic E-state index is 12.8. The molecule has 3 aromatic carbocycles. The maximum Gasteiger partial charge on any atom is 0.313 e. The first-order chi connectivity index (χ1) is 14.4. The molecule has 0 amide bonds. The predicted octanol–water partition coefficient (Wildman–Crippen LogP) is 5.84. The van der Waals surface area contributed by atoms with Crippen molar-refractivity contribution in [3.63, 3.8) is 0 Å². The standard InChI is InChI=1S/C26H22O4/c1-16(2)26(28)30-22-14-13-21-24(27)23(29-25(21)17(22)3)15-18-9-11-20(12-10-18)19-7-5-4-6-8-19/h4-16H,1-3H3/b23-15-. The zero-order chi connectivity index (χ0) is 21.3. The second kappa shape index (κ2) is 7.99. The minimum absolute atomic E-state index is 0.179. The minimum atomic E-state index is -0.323. The zero-order valence-corrected chi connectivity index (χ0v) is 17.1. The fraction of sp³-hybridized carbons (Fsp3) is 0.154. The lowest BCUT2D eigenvalue weighted by Gasteiger charge is -2.11. The van der Waals surface area contributed by atoms with E-state index in [-0.39, 0.29) is 23.4 Å². The monoisotopic (exact) mass is 398 g/mol. The number of benzene rings is 3. The van der Waals surface area contributed by atoms with Crippen molar-refractivity contribution in [3.8, 4) is 22.6 Å². The van der Waals surface area contributed by atoms with Crippen LogP contribution in [0.5, 0.6) is 11.5 Å². The summed E-state index contributed by atoms with van der Waals surface area (Å²) >= 11 is 0. The zero-order valence-electron chi connectivity index (χ0n) is 17.1. The van der Waals surface area contributed by atoms with Gasteiger partial charge in [-0.3, -0.25) is 9.59 Å². The molecule has 4 nitrogen and oxygen atoms in total. The molecule has 0 saturated heterocycles. The van der Waals surface area contributed by atoms with Crippen LogP contribution in [0, 0.1) is 12.8 Å². The van der Waals surface area contributed by atoms with Crippen molar-refractivity contribution in [1.29, 1.82) is 0 Å². The molecule has 3 aromatic rings. The summed E-state index contributed by atoms with van der Waals surface area (Å²) < 4.78 is 11.3. The Labute approximate surface area is 175 Å². The van der Waals surface area contributed by atoms with Crippen molar-refractivity contribution >= 4 is 17.8 Å². The van der Waals surface area contributed by atoms with Gasteiger partial charge in [0.1, 0.15) is 11.5 Å². The van der Waals surface area contributed by atoms with E-state index in [1.54, 1.807) is 39.0 Å². The van der Waals surface area contributed by atoms with Crippen LogP contribution in [0.2, 0.25) is 0 Å². The van der Waals surface area contributed by atoms with E-state index in [0.29, 0.717) is 22.6 Å². The van der Waals surface area contributed by atoms with Gasteiger partial charge in [0.25, 0.3) is 0 Å². The van der Waals surface area contributed by atoms with Crippen LogP contribution in [0.15, 0.2) is 72.5 Å². The Hall–Kier alpha value is -3.66. The Morgan fingerprint density at radius 3 is 2.27 bits per heavy atom. The highest BCUT2D eigenvalue weighted by atomic mass is 16.5. The number of carbonyl (C=O) groups is 2. The lowest BCUT2D eigenvalue weighted by molar-refractivity contribution is -0.137. The molecular weight excluding hydrogens is 376 g/mol. The van der Waals surface area contributed by atoms with E-state index < -0.39 is 0 Å². The Morgan fingerprint density at radius 2 is 1.60 bits per heavy atom. The van der Waals surface area contributed by atoms with Gasteiger partial charge in [0, 0.05) is 5.56 Å². The summed E-state index contributed by atoms with van der Waals surface area (Å²) in [5.74, 6) is 0.371. The number of allylic oxidation sites excluding steroid dienone is 1. The number of esters is 1. The molecule has 0 N–H and O–H groups in total. The highest BCUT2D eigenvalue weighted by Gasteiger charge is 2.30. The molecule has 150 valence electrons. The van der Waals surface area contributed by atoms with Gasteiger partial charge >= 0.3 is 5.97 Å². The number of hydrogen-bond acceptors (Lipinski definition) is 4. The second-order valence-corrected chi connectivity index (χ2v) is 7.57. The lowest BCUT2D eigenvalue weighted by Crippen LogP contribution is -2.15. The predicted molar refractivity (Wildman–Crippen MR) is 116 cm³/mol. The first-order valence-electron chi connectivity index (χ1n) is 9.89. The smallest absolute Gasteiger partial charge is 0.313 e. The molecule has 0 spiro atoms. The number of fused-ring (bicyclic) bond motifs is 1. The third-order valence-electron chi connectivity index (χ3n) is 5.03. The lowest BCUT2D eigenvalue weighted by atomic mass is 10.0. The fourth-order valence-corrected chi connectivity index (χ4v) is 3.26. The number of ketones is 1. The average molecular weight is 398 g/mol. The van der Waals surface area contributed by atoms with Crippen LogP contribution in [0.25, 0.3) is 17.2 Å². The third-order valence-corrected chi connectivity index (χ3v) is 5.03. The topological polar surface area (TPSA) is 52.6 Å². The van der Waals surface area contributed by atoms with Gasteiger partial charge in [-0.1, -0.05) is 68.4 Å². The van der Waals surface area contributed by atoms with E-state index in [4.69, 9.17) is 9.47 Å². The van der Waals surface area contributed by atoms with Crippen molar-refractivity contribution in [2.75, 3.05) is 0 Å². The maximum absolute atomic E-state index is 12.8. The molecule has 0 saturated carbocycles. The van der Waals surface area contributed by atoms with E-state index in [2.05, 4.69) is 12.1 Å². The Bertz CT molecular complexity index is 1140. The molecule has 4 rings (SSSR count). The van der Waals surface area contributed by atoms with Gasteiger partial charge in [-0.25, -0.2) is 0 Å². The highest BCUT2D eigenvalue weighted by Crippen LogP contribution is 2.39. The number of hydrogen-bond donors (Lipinski definition) is 0. The van der Waals surface area contributed by atoms with Gasteiger partial charge in [-0.05, 0) is 41.8 Å². The SMILES string of the molecule is Cc1c(OC(=O)C(C)C)ccc2c1O/C(=C\c1ccc(-c3ccccc3)cc1)C2=O. The van der Waals surface area contributed by atoms with Crippen LogP contribution in [-0.4, -0.2) is 11.8 Å². The van der Waals surface area contributed by atoms with Gasteiger partial charge in [0.2, 0.25) is 5.78 Å². The van der Waals surface area contributed by atoms with Crippen molar-refractivity contribution < 1.29 is 19.1 Å². The van der Waals surface area contributed by atoms with Crippen molar-refractivity contribution in [1.82, 2.24) is 0 Å². The highest BCUT2D eigenvalue weighted by molar-refractivity contribution is 6.15. The summed E-state index contributed by atoms with van der Waals surface area (Å²) in [4.78, 5) is 24.7. The van der Waals surface area contributed by atoms with Gasteiger partial charge in [-0.2, -0.15) is 0 Å². The summed E-state index contributed by atoms with van der Waals surface area (Å²) in [6, 6.07) is 21.3. The Balaban J connectivity index is 1.58. The van der Waals surface area contributed by atoms with E-state index in [1.807, 2.05) is 42.5 Å². The fourth-order valence-electron chi connectivity index (χ4n) is 3.26. The first-order valence-corrected chi connectivity index (χ1v) is 9.89. The second-order valence-electron chi connectivity index (χ2n) is 7.57. The van der Waals surface area contributed by atoms with Crippen LogP contribution in [0.4, 0.5) is 0 Å². The van der Waals surface area contributed by atoms with Crippen LogP contribution in [0.3, 0.4) is 0 Å². The number of Topliss-reactive ketones (excluding diaryl/α,β-unsaturated/α-hetero) is 1. The summed E-state index contributed by atoms with van der Waals surface area (Å²) in [6.07, 6.45) is 1.73. The normalized spacial score (nSPS) is 14.0. The molecule has 4 heteroatoms. The molecule has 0 aromatic heterocycles. The Morgan fingerprint density at radius 1 is 0.933 bits per heavy atom. The molecule has 0 bridgehead atoms. The summed E-state index contributed by atoms with van der Waals surface area (Å²) in [5, 5.41) is 0. The van der Waals surface area contributed by atoms with Gasteiger partial charge in [-0.15, -0.1) is 0 Å². The van der Waals surface area contributed by atoms with Gasteiger partial charge < -0.3 is 9.47 Å². The summed E-state index contributed by atoms with van der Waals surface area (Å²) in [5.41, 5.74) is 4.22. The van der Waals surface area contributed by atoms with Gasteiger partial charge in [0.15, 0.2) is 5.76 Å². The quantitative estimate of drug-likeness (QED) is 0.315. The molecule has 0 atom stereocenters. The van der Waals surface area contributed by atoms with Crippen LogP contribution >= 0.6 is 0 Å². The van der Waals surface area contributed by atoms with E-state index >= 15 is 0 Å². The van der Waals surface area contributed by atoms with E-state index in [0.717, 1.165) is 16.7 Å². The molecule has 0 fully saturated rings. The number of ether oxygens (including phenoxy) is 2. The van der Waals surface area contributed by atoms with Crippen LogP contribution < -0.4 is 9.47 Å². The van der Waals surface area contributed by atoms with E-state index in [1.165, 1.54) is 0 Å². The Kier molecular flexibility index (Phi) is 5.23. The van der Waals surface area contributed by atoms with Crippen molar-refractivity contribution in [3.05, 3.63) is 89.2 Å². The molecule has 0 unspecified atom stereocenters. The molecule has 30 heavy (non-hydrogen) atoms. The van der Waals surface area contributed by atoms with Crippen LogP contribution in [-0.2, 0) is 4.79 Å². The molecular formula is C26H22O4. The first kappa shape index (κ1) is 19.6. The molecule has 1 aliphatic rings. The number of carbonyl (C=O) groups excluding carboxylic acids is 2. The third kappa shape index (κ3) is 3.77. The molecule has 0 radical (unpaired) electrons. The minimum Gasteiger partial charge on any atom is -0.452 e. The average Bonchev–Trinajstić information content (AvgIpc) is 3.07. The molecule has 1 heterocycles. The molecule has 0 aliphatic carbocycles. The molecule has 1 aliphatic heterocycles. The van der Waals surface area contributed by atoms with Gasteiger partial charge in [0.05, 0.1) is 11.5 Å². The summed E-state index contributed by atoms with van der Waals surface area (Å²) in [6.45, 7) is 5.33. The van der Waals surface area contributed by atoms with Crippen molar-refractivity contribution in [2.24, 2.45) is 5.92 Å². The van der Waals surface area contributed by atoms with E-state index in [9.17, 15) is 9.59 Å². The largest absolute Gasteiger partial charge is 0.452 e. The van der Waals surface area contributed by atoms with Crippen LogP contribution in [0.1, 0.15) is 35.3 Å². The van der Waals surface area contributed by atoms with Crippen molar-refractivity contribution in [2.45, 2.75) is 20.8 Å². The summed E-state index contributed by atoms with van der Waals surface area (Å²) in [7, 11) is 0.